The largest absolute Gasteiger partial charge is 0.309 e. The smallest absolute Gasteiger partial charge is 0.0296 e. The van der Waals surface area contributed by atoms with Crippen molar-refractivity contribution >= 4 is 0 Å². The molecular weight excluding hydrogens is 220 g/mol. The van der Waals surface area contributed by atoms with E-state index in [4.69, 9.17) is 0 Å². The van der Waals surface area contributed by atoms with Crippen LogP contribution in [-0.2, 0) is 0 Å². The standard InChI is InChI=1S/C16H28N2/c1-12-7-8-13(2)16(11-12)15(4)17-14(3)9-10-18(5)6/h7-8,11,14-15,17H,9-10H2,1-6H3. The van der Waals surface area contributed by atoms with Crippen molar-refractivity contribution in [3.05, 3.63) is 34.9 Å². The van der Waals surface area contributed by atoms with Crippen LogP contribution in [-0.4, -0.2) is 31.6 Å². The Morgan fingerprint density at radius 2 is 1.83 bits per heavy atom. The molecule has 2 heteroatoms. The summed E-state index contributed by atoms with van der Waals surface area (Å²) in [7, 11) is 4.25. The van der Waals surface area contributed by atoms with Crippen molar-refractivity contribution in [1.29, 1.82) is 0 Å². The van der Waals surface area contributed by atoms with E-state index in [1.807, 2.05) is 0 Å². The minimum atomic E-state index is 0.419. The molecule has 0 heterocycles. The second-order valence-corrected chi connectivity index (χ2v) is 5.74. The highest BCUT2D eigenvalue weighted by atomic mass is 15.1. The topological polar surface area (TPSA) is 15.3 Å². The van der Waals surface area contributed by atoms with Crippen molar-refractivity contribution in [2.24, 2.45) is 0 Å². The Bertz CT molecular complexity index is 371. The number of rotatable bonds is 6. The maximum atomic E-state index is 3.69. The van der Waals surface area contributed by atoms with Gasteiger partial charge in [0.15, 0.2) is 0 Å². The van der Waals surface area contributed by atoms with Gasteiger partial charge in [-0.25, -0.2) is 0 Å². The molecule has 102 valence electrons. The summed E-state index contributed by atoms with van der Waals surface area (Å²) < 4.78 is 0. The highest BCUT2D eigenvalue weighted by molar-refractivity contribution is 5.32. The Morgan fingerprint density at radius 1 is 1.17 bits per heavy atom. The molecule has 1 aromatic carbocycles. The first kappa shape index (κ1) is 15.2. The summed E-state index contributed by atoms with van der Waals surface area (Å²) >= 11 is 0. The summed E-state index contributed by atoms with van der Waals surface area (Å²) in [5.41, 5.74) is 4.14. The van der Waals surface area contributed by atoms with Gasteiger partial charge >= 0.3 is 0 Å². The zero-order chi connectivity index (χ0) is 13.7. The summed E-state index contributed by atoms with van der Waals surface area (Å²) in [6.45, 7) is 10.0. The van der Waals surface area contributed by atoms with E-state index in [9.17, 15) is 0 Å². The van der Waals surface area contributed by atoms with E-state index in [-0.39, 0.29) is 0 Å². The molecule has 0 saturated heterocycles. The van der Waals surface area contributed by atoms with Crippen LogP contribution < -0.4 is 5.32 Å². The van der Waals surface area contributed by atoms with Crippen molar-refractivity contribution in [3.63, 3.8) is 0 Å². The zero-order valence-corrected chi connectivity index (χ0v) is 12.7. The molecule has 1 rings (SSSR count). The van der Waals surface area contributed by atoms with Gasteiger partial charge in [0, 0.05) is 12.1 Å². The fraction of sp³-hybridized carbons (Fsp3) is 0.625. The van der Waals surface area contributed by atoms with Crippen LogP contribution in [0.5, 0.6) is 0 Å². The minimum absolute atomic E-state index is 0.419. The second kappa shape index (κ2) is 6.91. The highest BCUT2D eigenvalue weighted by Gasteiger charge is 2.11. The van der Waals surface area contributed by atoms with E-state index in [1.54, 1.807) is 0 Å². The summed E-state index contributed by atoms with van der Waals surface area (Å²) in [6, 6.07) is 7.66. The monoisotopic (exact) mass is 248 g/mol. The highest BCUT2D eigenvalue weighted by Crippen LogP contribution is 2.19. The Balaban J connectivity index is 2.58. The van der Waals surface area contributed by atoms with Crippen molar-refractivity contribution < 1.29 is 0 Å². The third-order valence-electron chi connectivity index (χ3n) is 3.45. The van der Waals surface area contributed by atoms with E-state index in [0.29, 0.717) is 12.1 Å². The average Bonchev–Trinajstić information content (AvgIpc) is 2.29. The minimum Gasteiger partial charge on any atom is -0.309 e. The molecule has 0 radical (unpaired) electrons. The van der Waals surface area contributed by atoms with Gasteiger partial charge in [0.25, 0.3) is 0 Å². The molecule has 0 aliphatic carbocycles. The van der Waals surface area contributed by atoms with Crippen LogP contribution in [0.25, 0.3) is 0 Å². The van der Waals surface area contributed by atoms with Crippen molar-refractivity contribution in [2.75, 3.05) is 20.6 Å². The third kappa shape index (κ3) is 4.79. The number of nitrogens with zero attached hydrogens (tertiary/aromatic N) is 1. The summed E-state index contributed by atoms with van der Waals surface area (Å²) in [5.74, 6) is 0. The molecule has 0 saturated carbocycles. The van der Waals surface area contributed by atoms with E-state index in [2.05, 4.69) is 70.2 Å². The number of aryl methyl sites for hydroxylation is 2. The molecule has 2 atom stereocenters. The van der Waals surface area contributed by atoms with Crippen molar-refractivity contribution in [1.82, 2.24) is 10.2 Å². The average molecular weight is 248 g/mol. The predicted molar refractivity (Wildman–Crippen MR) is 80.1 cm³/mol. The first-order chi connectivity index (χ1) is 8.40. The predicted octanol–water partition coefficient (Wildman–Crippen LogP) is 3.29. The molecular formula is C16H28N2. The van der Waals surface area contributed by atoms with Crippen molar-refractivity contribution in [2.45, 2.75) is 46.2 Å². The van der Waals surface area contributed by atoms with Crippen LogP contribution in [0.2, 0.25) is 0 Å². The fourth-order valence-electron chi connectivity index (χ4n) is 2.28. The van der Waals surface area contributed by atoms with E-state index in [0.717, 1.165) is 6.54 Å². The van der Waals surface area contributed by atoms with Crippen LogP contribution in [0.1, 0.15) is 43.0 Å². The quantitative estimate of drug-likeness (QED) is 0.831. The van der Waals surface area contributed by atoms with Crippen LogP contribution in [0.15, 0.2) is 18.2 Å². The van der Waals surface area contributed by atoms with Crippen molar-refractivity contribution in [3.8, 4) is 0 Å². The molecule has 0 aromatic heterocycles. The first-order valence-corrected chi connectivity index (χ1v) is 6.88. The summed E-state index contributed by atoms with van der Waals surface area (Å²) in [5, 5.41) is 3.69. The molecule has 2 unspecified atom stereocenters. The van der Waals surface area contributed by atoms with Gasteiger partial charge in [-0.1, -0.05) is 23.8 Å². The van der Waals surface area contributed by atoms with Gasteiger partial charge in [0.1, 0.15) is 0 Å². The Labute approximate surface area is 112 Å². The molecule has 0 amide bonds. The maximum Gasteiger partial charge on any atom is 0.0296 e. The van der Waals surface area contributed by atoms with E-state index < -0.39 is 0 Å². The van der Waals surface area contributed by atoms with Gasteiger partial charge in [-0.3, -0.25) is 0 Å². The molecule has 0 bridgehead atoms. The molecule has 0 spiro atoms. The lowest BCUT2D eigenvalue weighted by atomic mass is 9.99. The van der Waals surface area contributed by atoms with Crippen LogP contribution in [0.4, 0.5) is 0 Å². The molecule has 0 fully saturated rings. The lowest BCUT2D eigenvalue weighted by Crippen LogP contribution is -2.32. The maximum absolute atomic E-state index is 3.69. The molecule has 0 aliphatic heterocycles. The van der Waals surface area contributed by atoms with E-state index in [1.165, 1.54) is 23.1 Å². The van der Waals surface area contributed by atoms with Crippen LogP contribution >= 0.6 is 0 Å². The van der Waals surface area contributed by atoms with Gasteiger partial charge in [-0.15, -0.1) is 0 Å². The van der Waals surface area contributed by atoms with Gasteiger partial charge in [-0.05, 0) is 65.9 Å². The van der Waals surface area contributed by atoms with Gasteiger partial charge in [0.05, 0.1) is 0 Å². The lowest BCUT2D eigenvalue weighted by molar-refractivity contribution is 0.354. The summed E-state index contributed by atoms with van der Waals surface area (Å²) in [4.78, 5) is 2.24. The number of hydrogen-bond donors (Lipinski definition) is 1. The molecule has 1 N–H and O–H groups in total. The van der Waals surface area contributed by atoms with E-state index >= 15 is 0 Å². The van der Waals surface area contributed by atoms with Crippen LogP contribution in [0, 0.1) is 13.8 Å². The normalized spacial score (nSPS) is 14.8. The molecule has 0 aliphatic rings. The SMILES string of the molecule is Cc1ccc(C)c(C(C)NC(C)CCN(C)C)c1. The van der Waals surface area contributed by atoms with Gasteiger partial charge in [-0.2, -0.15) is 0 Å². The number of nitrogens with one attached hydrogen (secondary N) is 1. The zero-order valence-electron chi connectivity index (χ0n) is 12.7. The Hall–Kier alpha value is -0.860. The molecule has 18 heavy (non-hydrogen) atoms. The Morgan fingerprint density at radius 3 is 2.44 bits per heavy atom. The number of hydrogen-bond acceptors (Lipinski definition) is 2. The lowest BCUT2D eigenvalue weighted by Gasteiger charge is -2.23. The van der Waals surface area contributed by atoms with Gasteiger partial charge in [0.2, 0.25) is 0 Å². The third-order valence-corrected chi connectivity index (χ3v) is 3.45. The van der Waals surface area contributed by atoms with Gasteiger partial charge < -0.3 is 10.2 Å². The first-order valence-electron chi connectivity index (χ1n) is 6.88. The fourth-order valence-corrected chi connectivity index (χ4v) is 2.28. The Kier molecular flexibility index (Phi) is 5.83. The molecule has 2 nitrogen and oxygen atoms in total. The number of benzene rings is 1. The summed E-state index contributed by atoms with van der Waals surface area (Å²) in [6.07, 6.45) is 1.18. The second-order valence-electron chi connectivity index (χ2n) is 5.74. The van der Waals surface area contributed by atoms with Crippen LogP contribution in [0.3, 0.4) is 0 Å². The molecule has 1 aromatic rings.